The molecule has 0 aliphatic rings. The normalized spacial score (nSPS) is 14.1. The summed E-state index contributed by atoms with van der Waals surface area (Å²) in [6.07, 6.45) is 1.61. The van der Waals surface area contributed by atoms with Crippen LogP contribution in [0.25, 0.3) is 0 Å². The molecule has 0 spiro atoms. The third-order valence-electron chi connectivity index (χ3n) is 2.26. The third-order valence-corrected chi connectivity index (χ3v) is 7.12. The van der Waals surface area contributed by atoms with Gasteiger partial charge in [0.2, 0.25) is 0 Å². The van der Waals surface area contributed by atoms with Crippen LogP contribution in [0.1, 0.15) is 13.8 Å². The Hall–Kier alpha value is -0.590. The number of rotatable bonds is 8. The first-order chi connectivity index (χ1) is 9.06. The van der Waals surface area contributed by atoms with E-state index in [4.69, 9.17) is 18.6 Å². The van der Waals surface area contributed by atoms with Gasteiger partial charge in [-0.3, -0.25) is 0 Å². The van der Waals surface area contributed by atoms with Gasteiger partial charge in [-0.05, 0) is 0 Å². The number of hydrogen-bond acceptors (Lipinski definition) is 6. The molecule has 8 heteroatoms. The minimum atomic E-state index is -3.30. The van der Waals surface area contributed by atoms with E-state index in [1.54, 1.807) is 32.2 Å². The van der Waals surface area contributed by atoms with E-state index >= 15 is 0 Å². The summed E-state index contributed by atoms with van der Waals surface area (Å²) in [4.78, 5) is 14.5. The molecular formula is C11H21N2O4PS. The second kappa shape index (κ2) is 7.87. The molecular weight excluding hydrogens is 287 g/mol. The summed E-state index contributed by atoms with van der Waals surface area (Å²) in [5.41, 5.74) is 0.127. The second-order valence-electron chi connectivity index (χ2n) is 3.62. The average molecular weight is 308 g/mol. The van der Waals surface area contributed by atoms with Gasteiger partial charge in [-0.1, -0.05) is 0 Å². The number of ether oxygens (including phenoxy) is 1. The van der Waals surface area contributed by atoms with E-state index in [0.29, 0.717) is 24.0 Å². The number of hydrogen-bond donors (Lipinski definition) is 2. The summed E-state index contributed by atoms with van der Waals surface area (Å²) in [6, 6.07) is 3.49. The molecule has 0 saturated carbocycles. The van der Waals surface area contributed by atoms with Crippen LogP contribution in [0.2, 0.25) is 0 Å². The van der Waals surface area contributed by atoms with E-state index in [0.717, 1.165) is 0 Å². The van der Waals surface area contributed by atoms with Gasteiger partial charge in [0, 0.05) is 0 Å². The van der Waals surface area contributed by atoms with Crippen LogP contribution >= 0.6 is 7.94 Å². The van der Waals surface area contributed by atoms with Crippen LogP contribution in [0.3, 0.4) is 0 Å². The molecule has 1 aromatic rings. The van der Waals surface area contributed by atoms with E-state index in [-0.39, 0.29) is 5.49 Å². The van der Waals surface area contributed by atoms with Crippen LogP contribution in [-0.2, 0) is 19.7 Å². The van der Waals surface area contributed by atoms with Crippen molar-refractivity contribution in [1.29, 1.82) is 4.78 Å². The molecule has 0 aromatic carbocycles. The fourth-order valence-corrected chi connectivity index (χ4v) is 5.78. The van der Waals surface area contributed by atoms with E-state index in [2.05, 4.69) is 4.98 Å². The van der Waals surface area contributed by atoms with E-state index in [1.165, 1.54) is 7.11 Å². The molecule has 1 rings (SSSR count). The monoisotopic (exact) mass is 308 g/mol. The predicted molar refractivity (Wildman–Crippen MR) is 77.8 cm³/mol. The minimum absolute atomic E-state index is 0.127. The van der Waals surface area contributed by atoms with E-state index in [1.807, 2.05) is 0 Å². The van der Waals surface area contributed by atoms with Crippen molar-refractivity contribution in [2.45, 2.75) is 18.9 Å². The van der Waals surface area contributed by atoms with Crippen molar-refractivity contribution < 1.29 is 18.7 Å². The fraction of sp³-hybridized carbons (Fsp3) is 0.545. The first kappa shape index (κ1) is 16.5. The number of nitrogens with zero attached hydrogens (tertiary/aromatic N) is 1. The number of aromatic nitrogens is 1. The van der Waals surface area contributed by atoms with Gasteiger partial charge in [0.25, 0.3) is 0 Å². The van der Waals surface area contributed by atoms with Crippen molar-refractivity contribution in [1.82, 2.24) is 4.98 Å². The van der Waals surface area contributed by atoms with E-state index < -0.39 is 18.6 Å². The molecule has 0 aliphatic carbocycles. The van der Waals surface area contributed by atoms with Crippen LogP contribution in [0.4, 0.5) is 0 Å². The first-order valence-corrected chi connectivity index (χ1v) is 9.34. The van der Waals surface area contributed by atoms with Gasteiger partial charge in [-0.25, -0.2) is 0 Å². The Bertz CT molecular complexity index is 427. The van der Waals surface area contributed by atoms with Gasteiger partial charge in [0.1, 0.15) is 0 Å². The standard InChI is InChI=1S/C11H21N2O4PS/c1-4-16-18(14,17-5-2)9-19(12)11-10(15-3)7-6-8-13-11/h6-8,12,14,18H,4-5,9H2,1-3H3. The van der Waals surface area contributed by atoms with Crippen molar-refractivity contribution in [3.05, 3.63) is 18.3 Å². The Morgan fingerprint density at radius 3 is 2.53 bits per heavy atom. The molecule has 0 bridgehead atoms. The van der Waals surface area contributed by atoms with E-state index in [9.17, 15) is 4.89 Å². The zero-order chi connectivity index (χ0) is 14.3. The zero-order valence-corrected chi connectivity index (χ0v) is 13.2. The number of pyridine rings is 1. The Morgan fingerprint density at radius 1 is 1.37 bits per heavy atom. The molecule has 1 heterocycles. The summed E-state index contributed by atoms with van der Waals surface area (Å²) < 4.78 is 24.0. The SMILES string of the molecule is CCO[PH](O)(CS(=N)c1ncccc1OC)OCC. The molecule has 0 saturated heterocycles. The Kier molecular flexibility index (Phi) is 6.82. The zero-order valence-electron chi connectivity index (χ0n) is 11.4. The van der Waals surface area contributed by atoms with Gasteiger partial charge in [0.15, 0.2) is 0 Å². The van der Waals surface area contributed by atoms with Crippen molar-refractivity contribution in [2.24, 2.45) is 0 Å². The summed E-state index contributed by atoms with van der Waals surface area (Å²) in [5, 5.41) is 0.510. The Morgan fingerprint density at radius 2 is 2.00 bits per heavy atom. The van der Waals surface area contributed by atoms with Crippen LogP contribution in [-0.4, -0.2) is 35.7 Å². The predicted octanol–water partition coefficient (Wildman–Crippen LogP) is 2.35. The van der Waals surface area contributed by atoms with Crippen molar-refractivity contribution >= 4 is 18.6 Å². The molecule has 0 aliphatic heterocycles. The molecule has 1 atom stereocenters. The molecule has 0 amide bonds. The average Bonchev–Trinajstić information content (AvgIpc) is 2.38. The molecule has 2 N–H and O–H groups in total. The molecule has 6 nitrogen and oxygen atoms in total. The molecule has 110 valence electrons. The van der Waals surface area contributed by atoms with Crippen LogP contribution in [0.5, 0.6) is 5.75 Å². The Labute approximate surface area is 116 Å². The summed E-state index contributed by atoms with van der Waals surface area (Å²) in [6.45, 7) is 4.30. The summed E-state index contributed by atoms with van der Waals surface area (Å²) in [7, 11) is -2.81. The molecule has 1 unspecified atom stereocenters. The van der Waals surface area contributed by atoms with Gasteiger partial charge in [-0.2, -0.15) is 0 Å². The summed E-state index contributed by atoms with van der Waals surface area (Å²) >= 11 is 0. The van der Waals surface area contributed by atoms with Crippen LogP contribution < -0.4 is 4.74 Å². The van der Waals surface area contributed by atoms with Crippen molar-refractivity contribution in [2.75, 3.05) is 25.8 Å². The molecule has 0 radical (unpaired) electrons. The van der Waals surface area contributed by atoms with Gasteiger partial charge < -0.3 is 0 Å². The molecule has 0 fully saturated rings. The first-order valence-electron chi connectivity index (χ1n) is 5.97. The molecule has 1 aromatic heterocycles. The second-order valence-corrected chi connectivity index (χ2v) is 7.95. The van der Waals surface area contributed by atoms with Crippen molar-refractivity contribution in [3.63, 3.8) is 0 Å². The van der Waals surface area contributed by atoms with Gasteiger partial charge in [0.05, 0.1) is 0 Å². The maximum absolute atomic E-state index is 10.3. The maximum atomic E-state index is 10.3. The number of methoxy groups -OCH3 is 1. The molecule has 19 heavy (non-hydrogen) atoms. The number of nitrogens with one attached hydrogen (secondary N) is 1. The fourth-order valence-electron chi connectivity index (χ4n) is 1.54. The quantitative estimate of drug-likeness (QED) is 0.720. The summed E-state index contributed by atoms with van der Waals surface area (Å²) in [5.74, 6) is 0.546. The van der Waals surface area contributed by atoms with Crippen molar-refractivity contribution in [3.8, 4) is 5.75 Å². The van der Waals surface area contributed by atoms with Crippen LogP contribution in [0.15, 0.2) is 23.4 Å². The third kappa shape index (κ3) is 4.78. The van der Waals surface area contributed by atoms with Gasteiger partial charge >= 0.3 is 116 Å². The Balaban J connectivity index is 2.87. The van der Waals surface area contributed by atoms with Gasteiger partial charge in [-0.15, -0.1) is 0 Å². The topological polar surface area (TPSA) is 84.7 Å². The van der Waals surface area contributed by atoms with Crippen LogP contribution in [0, 0.1) is 4.78 Å².